The molecule has 0 radical (unpaired) electrons. The number of anilines is 1. The average Bonchev–Trinajstić information content (AvgIpc) is 3.44. The van der Waals surface area contributed by atoms with Crippen LogP contribution in [0.5, 0.6) is 5.88 Å². The van der Waals surface area contributed by atoms with E-state index in [-0.39, 0.29) is 10.8 Å². The molecule has 2 atom stereocenters. The molecule has 0 amide bonds. The molecule has 9 nitrogen and oxygen atoms in total. The number of aliphatic hydroxyl groups excluding tert-OH is 1. The van der Waals surface area contributed by atoms with E-state index in [1.807, 2.05) is 0 Å². The van der Waals surface area contributed by atoms with E-state index in [2.05, 4.69) is 21.2 Å². The van der Waals surface area contributed by atoms with E-state index in [9.17, 15) is 13.5 Å². The van der Waals surface area contributed by atoms with Crippen molar-refractivity contribution in [1.29, 1.82) is 0 Å². The first-order valence-corrected chi connectivity index (χ1v) is 12.4. The molecule has 31 heavy (non-hydrogen) atoms. The summed E-state index contributed by atoms with van der Waals surface area (Å²) in [6.45, 7) is 1.43. The monoisotopic (exact) mass is 446 g/mol. The molecule has 1 fully saturated rings. The maximum atomic E-state index is 13.0. The van der Waals surface area contributed by atoms with Gasteiger partial charge in [0.25, 0.3) is 10.0 Å². The minimum Gasteiger partial charge on any atom is -0.474 e. The third-order valence-corrected chi connectivity index (χ3v) is 8.34. The SMILES string of the molecule is O=S(=O)(NC(O)Nc1c2c(cc3c1CCC3)CCC2)c1cnn2c1OCC1(CCO1)C2. The van der Waals surface area contributed by atoms with Gasteiger partial charge in [-0.05, 0) is 60.8 Å². The number of nitrogens with zero attached hydrogens (tertiary/aromatic N) is 2. The Morgan fingerprint density at radius 1 is 1.16 bits per heavy atom. The van der Waals surface area contributed by atoms with Gasteiger partial charge in [-0.25, -0.2) is 13.1 Å². The summed E-state index contributed by atoms with van der Waals surface area (Å²) >= 11 is 0. The van der Waals surface area contributed by atoms with Crippen molar-refractivity contribution in [3.63, 3.8) is 0 Å². The Morgan fingerprint density at radius 2 is 1.87 bits per heavy atom. The van der Waals surface area contributed by atoms with Crippen LogP contribution in [0, 0.1) is 0 Å². The maximum Gasteiger partial charge on any atom is 0.251 e. The average molecular weight is 447 g/mol. The molecule has 1 spiro atoms. The Bertz CT molecular complexity index is 1120. The van der Waals surface area contributed by atoms with E-state index in [1.54, 1.807) is 0 Å². The summed E-state index contributed by atoms with van der Waals surface area (Å²) in [6.07, 6.45) is 6.79. The van der Waals surface area contributed by atoms with Gasteiger partial charge in [0.05, 0.1) is 19.3 Å². The molecule has 4 aliphatic rings. The Kier molecular flexibility index (Phi) is 4.37. The van der Waals surface area contributed by atoms with Crippen molar-refractivity contribution >= 4 is 15.7 Å². The van der Waals surface area contributed by atoms with Crippen LogP contribution >= 0.6 is 0 Å². The van der Waals surface area contributed by atoms with Crippen molar-refractivity contribution in [1.82, 2.24) is 14.5 Å². The first kappa shape index (κ1) is 19.5. The summed E-state index contributed by atoms with van der Waals surface area (Å²) in [5, 5.41) is 17.9. The van der Waals surface area contributed by atoms with Crippen LogP contribution in [0.2, 0.25) is 0 Å². The number of aromatic nitrogens is 2. The van der Waals surface area contributed by atoms with E-state index >= 15 is 0 Å². The number of hydrogen-bond donors (Lipinski definition) is 3. The lowest BCUT2D eigenvalue weighted by Gasteiger charge is -2.43. The van der Waals surface area contributed by atoms with Gasteiger partial charge in [0.2, 0.25) is 5.88 Å². The first-order chi connectivity index (χ1) is 14.9. The second-order valence-electron chi connectivity index (χ2n) is 8.94. The highest BCUT2D eigenvalue weighted by atomic mass is 32.2. The Balaban J connectivity index is 1.23. The van der Waals surface area contributed by atoms with Crippen LogP contribution in [0.25, 0.3) is 0 Å². The number of aliphatic hydroxyl groups is 1. The minimum atomic E-state index is -4.04. The molecule has 10 heteroatoms. The quantitative estimate of drug-likeness (QED) is 0.589. The van der Waals surface area contributed by atoms with Gasteiger partial charge in [0.1, 0.15) is 12.2 Å². The Hall–Kier alpha value is -2.14. The van der Waals surface area contributed by atoms with Gasteiger partial charge >= 0.3 is 0 Å². The molecule has 1 saturated heterocycles. The van der Waals surface area contributed by atoms with E-state index in [1.165, 1.54) is 33.1 Å². The molecular weight excluding hydrogens is 420 g/mol. The van der Waals surface area contributed by atoms with Crippen molar-refractivity contribution < 1.29 is 23.0 Å². The summed E-state index contributed by atoms with van der Waals surface area (Å²) in [4.78, 5) is -0.0777. The third kappa shape index (κ3) is 3.15. The predicted molar refractivity (Wildman–Crippen MR) is 111 cm³/mol. The van der Waals surface area contributed by atoms with Gasteiger partial charge in [-0.1, -0.05) is 6.07 Å². The zero-order valence-electron chi connectivity index (χ0n) is 17.2. The van der Waals surface area contributed by atoms with Crippen molar-refractivity contribution in [3.8, 4) is 5.88 Å². The first-order valence-electron chi connectivity index (χ1n) is 10.9. The molecular formula is C21H26N4O5S. The van der Waals surface area contributed by atoms with Crippen LogP contribution < -0.4 is 14.8 Å². The molecule has 1 aromatic heterocycles. The standard InChI is InChI=1S/C21H26N4O5S/c26-20(23-18-15-5-1-3-13(15)9-14-4-2-6-16(14)18)24-31(27,28)17-10-22-25-11-21(7-8-30-21)12-29-19(17)25/h9-10,20,23-24,26H,1-8,11-12H2. The fourth-order valence-corrected chi connectivity index (χ4v) is 6.37. The zero-order chi connectivity index (χ0) is 21.2. The number of rotatable bonds is 5. The van der Waals surface area contributed by atoms with Crippen LogP contribution in [-0.4, -0.2) is 48.5 Å². The Labute approximate surface area is 180 Å². The lowest BCUT2D eigenvalue weighted by atomic mass is 9.95. The number of nitrogens with one attached hydrogen (secondary N) is 2. The summed E-state index contributed by atoms with van der Waals surface area (Å²) < 4.78 is 41.2. The van der Waals surface area contributed by atoms with Gasteiger partial charge < -0.3 is 19.9 Å². The maximum absolute atomic E-state index is 13.0. The summed E-state index contributed by atoms with van der Waals surface area (Å²) in [6, 6.07) is 2.29. The number of benzene rings is 1. The molecule has 166 valence electrons. The lowest BCUT2D eigenvalue weighted by molar-refractivity contribution is -0.187. The molecule has 3 N–H and O–H groups in total. The molecule has 6 rings (SSSR count). The van der Waals surface area contributed by atoms with Crippen LogP contribution in [0.15, 0.2) is 17.2 Å². The van der Waals surface area contributed by atoms with E-state index < -0.39 is 22.0 Å². The predicted octanol–water partition coefficient (Wildman–Crippen LogP) is 1.08. The molecule has 3 heterocycles. The smallest absolute Gasteiger partial charge is 0.251 e. The van der Waals surface area contributed by atoms with E-state index in [0.717, 1.165) is 50.6 Å². The van der Waals surface area contributed by atoms with Gasteiger partial charge in [-0.15, -0.1) is 0 Å². The zero-order valence-corrected chi connectivity index (χ0v) is 18.0. The lowest BCUT2D eigenvalue weighted by Crippen LogP contribution is -2.54. The fourth-order valence-electron chi connectivity index (χ4n) is 5.31. The van der Waals surface area contributed by atoms with Crippen LogP contribution in [0.1, 0.15) is 41.5 Å². The summed E-state index contributed by atoms with van der Waals surface area (Å²) in [7, 11) is -4.04. The summed E-state index contributed by atoms with van der Waals surface area (Å²) in [5.74, 6) is 0.183. The van der Waals surface area contributed by atoms with Gasteiger partial charge in [0, 0.05) is 12.1 Å². The summed E-state index contributed by atoms with van der Waals surface area (Å²) in [5.41, 5.74) is 5.53. The third-order valence-electron chi connectivity index (χ3n) is 6.95. The van der Waals surface area contributed by atoms with E-state index in [0.29, 0.717) is 19.8 Å². The highest BCUT2D eigenvalue weighted by molar-refractivity contribution is 7.89. The van der Waals surface area contributed by atoms with Gasteiger partial charge in [-0.3, -0.25) is 0 Å². The van der Waals surface area contributed by atoms with Crippen LogP contribution in [0.3, 0.4) is 0 Å². The normalized spacial score (nSPS) is 24.8. The molecule has 2 unspecified atom stereocenters. The fraction of sp³-hybridized carbons (Fsp3) is 0.571. The van der Waals surface area contributed by atoms with Crippen molar-refractivity contribution in [2.75, 3.05) is 18.5 Å². The van der Waals surface area contributed by atoms with Crippen molar-refractivity contribution in [3.05, 3.63) is 34.5 Å². The second-order valence-corrected chi connectivity index (χ2v) is 10.6. The van der Waals surface area contributed by atoms with Crippen LogP contribution in [-0.2, 0) is 47.0 Å². The van der Waals surface area contributed by atoms with Gasteiger partial charge in [0.15, 0.2) is 11.2 Å². The topological polar surface area (TPSA) is 115 Å². The number of aryl methyl sites for hydroxylation is 2. The minimum absolute atomic E-state index is 0.0777. The Morgan fingerprint density at radius 3 is 2.52 bits per heavy atom. The highest BCUT2D eigenvalue weighted by Gasteiger charge is 2.45. The van der Waals surface area contributed by atoms with Gasteiger partial charge in [-0.2, -0.15) is 9.82 Å². The molecule has 0 bridgehead atoms. The number of hydrogen-bond acceptors (Lipinski definition) is 7. The number of sulfonamides is 1. The number of ether oxygens (including phenoxy) is 2. The molecule has 1 aromatic carbocycles. The largest absolute Gasteiger partial charge is 0.474 e. The van der Waals surface area contributed by atoms with E-state index in [4.69, 9.17) is 9.47 Å². The highest BCUT2D eigenvalue weighted by Crippen LogP contribution is 2.39. The molecule has 2 aromatic rings. The molecule has 2 aliphatic heterocycles. The molecule has 2 aliphatic carbocycles. The van der Waals surface area contributed by atoms with Crippen molar-refractivity contribution in [2.24, 2.45) is 0 Å². The van der Waals surface area contributed by atoms with Crippen LogP contribution in [0.4, 0.5) is 5.69 Å². The number of fused-ring (bicyclic) bond motifs is 3. The second kappa shape index (κ2) is 6.93. The molecule has 0 saturated carbocycles. The van der Waals surface area contributed by atoms with Crippen molar-refractivity contribution in [2.45, 2.75) is 68.3 Å².